The van der Waals surface area contributed by atoms with Crippen molar-refractivity contribution in [1.82, 2.24) is 35.2 Å². The topological polar surface area (TPSA) is 202 Å². The van der Waals surface area contributed by atoms with E-state index >= 15 is 0 Å². The molecule has 344 valence electrons. The van der Waals surface area contributed by atoms with Crippen molar-refractivity contribution in [2.45, 2.75) is 70.2 Å². The van der Waals surface area contributed by atoms with E-state index in [2.05, 4.69) is 54.4 Å². The molecule has 67 heavy (non-hydrogen) atoms. The van der Waals surface area contributed by atoms with Gasteiger partial charge in [-0.2, -0.15) is 0 Å². The number of benzene rings is 3. The highest BCUT2D eigenvalue weighted by molar-refractivity contribution is 7.13. The fourth-order valence-electron chi connectivity index (χ4n) is 10.4. The van der Waals surface area contributed by atoms with Gasteiger partial charge < -0.3 is 19.8 Å². The van der Waals surface area contributed by atoms with Gasteiger partial charge in [0, 0.05) is 91.7 Å². The fourth-order valence-corrected chi connectivity index (χ4v) is 10.9. The number of piperazine rings is 1. The van der Waals surface area contributed by atoms with E-state index in [1.807, 2.05) is 30.3 Å². The second kappa shape index (κ2) is 17.6. The summed E-state index contributed by atoms with van der Waals surface area (Å²) in [6.07, 6.45) is 3.67. The second-order valence-corrected chi connectivity index (χ2v) is 18.8. The number of anilines is 3. The number of phenolic OH excluding ortho intramolecular Hbond substituents is 1. The predicted octanol–water partition coefficient (Wildman–Crippen LogP) is 5.00. The minimum Gasteiger partial charge on any atom is -0.508 e. The molecule has 0 saturated carbocycles. The Bertz CT molecular complexity index is 2810. The quantitative estimate of drug-likeness (QED) is 0.158. The number of aromatic nitrogens is 3. The number of thiazole rings is 1. The number of imide groups is 2. The first kappa shape index (κ1) is 43.8. The van der Waals surface area contributed by atoms with Crippen LogP contribution in [0.5, 0.6) is 5.75 Å². The van der Waals surface area contributed by atoms with Gasteiger partial charge >= 0.3 is 0 Å². The Balaban J connectivity index is 0.745. The summed E-state index contributed by atoms with van der Waals surface area (Å²) in [6, 6.07) is 15.8. The van der Waals surface area contributed by atoms with Crippen LogP contribution in [-0.2, 0) is 20.9 Å². The molecule has 0 spiro atoms. The molecule has 3 N–H and O–H groups in total. The third-order valence-corrected chi connectivity index (χ3v) is 14.3. The standard InChI is InChI=1S/C48H47FN10O7S/c1-26-22-55(23-27(2)58(26)32-6-7-33-35(21-32)47(66)59(46(33)65)38-9-12-41(61)51-43(38)62)24-28-13-16-56(17-14-28)40-11-8-37(53-54-40)29-3-4-30-25-57(45(64)34(30)19-29)42(36-20-31(49)5-10-39(36)60)44(63)52-48-50-15-18-67-48/h3-8,10-11,15,18-21,26-28,38,42,60H,9,12-14,16-17,22-25H2,1-2H3,(H,50,52,63)(H,51,61,62). The number of hydrogen-bond acceptors (Lipinski definition) is 14. The zero-order valence-electron chi connectivity index (χ0n) is 36.7. The second-order valence-electron chi connectivity index (χ2n) is 17.9. The molecule has 10 rings (SSSR count). The zero-order valence-corrected chi connectivity index (χ0v) is 37.5. The van der Waals surface area contributed by atoms with Crippen LogP contribution in [-0.4, -0.2) is 121 Å². The van der Waals surface area contributed by atoms with Gasteiger partial charge in [0.15, 0.2) is 10.9 Å². The van der Waals surface area contributed by atoms with Gasteiger partial charge in [0.2, 0.25) is 11.8 Å². The van der Waals surface area contributed by atoms with Crippen molar-refractivity contribution in [3.05, 3.63) is 112 Å². The maximum atomic E-state index is 14.5. The Morgan fingerprint density at radius 1 is 0.881 bits per heavy atom. The summed E-state index contributed by atoms with van der Waals surface area (Å²) in [4.78, 5) is 92.2. The van der Waals surface area contributed by atoms with Crippen LogP contribution in [0.3, 0.4) is 0 Å². The Hall–Kier alpha value is -7.12. The van der Waals surface area contributed by atoms with Crippen LogP contribution in [0.1, 0.15) is 87.8 Å². The predicted molar refractivity (Wildman–Crippen MR) is 245 cm³/mol. The number of carbonyl (C=O) groups excluding carboxylic acids is 6. The maximum Gasteiger partial charge on any atom is 0.262 e. The lowest BCUT2D eigenvalue weighted by Gasteiger charge is -2.47. The molecule has 5 aromatic rings. The average molecular weight is 927 g/mol. The molecular formula is C48H47FN10O7S. The van der Waals surface area contributed by atoms with Crippen LogP contribution in [0, 0.1) is 11.7 Å². The zero-order chi connectivity index (χ0) is 46.7. The number of fused-ring (bicyclic) bond motifs is 2. The molecule has 5 aliphatic heterocycles. The third kappa shape index (κ3) is 8.26. The van der Waals surface area contributed by atoms with Gasteiger partial charge in [-0.25, -0.2) is 9.37 Å². The van der Waals surface area contributed by atoms with E-state index in [0.717, 1.165) is 80.2 Å². The SMILES string of the molecule is CC1CN(CC2CCN(c3ccc(-c4ccc5c(c4)C(=O)N(C(C(=O)Nc4nccs4)c4cc(F)ccc4O)C5)nn3)CC2)CC(C)N1c1ccc2c(c1)C(=O)N(C1CCC(=O)NC1=O)C2=O. The number of carbonyl (C=O) groups is 6. The monoisotopic (exact) mass is 926 g/mol. The fraction of sp³-hybridized carbons (Fsp3) is 0.354. The number of piperidine rings is 2. The van der Waals surface area contributed by atoms with Crippen molar-refractivity contribution in [2.24, 2.45) is 5.92 Å². The Morgan fingerprint density at radius 3 is 2.37 bits per heavy atom. The molecule has 7 heterocycles. The first-order valence-electron chi connectivity index (χ1n) is 22.4. The van der Waals surface area contributed by atoms with Gasteiger partial charge in [-0.15, -0.1) is 21.5 Å². The van der Waals surface area contributed by atoms with Crippen molar-refractivity contribution in [3.63, 3.8) is 0 Å². The van der Waals surface area contributed by atoms with E-state index < -0.39 is 53.3 Å². The molecule has 4 unspecified atom stereocenters. The lowest BCUT2D eigenvalue weighted by molar-refractivity contribution is -0.136. The van der Waals surface area contributed by atoms with Crippen LogP contribution in [0.15, 0.2) is 78.3 Å². The van der Waals surface area contributed by atoms with Gasteiger partial charge in [-0.1, -0.05) is 12.1 Å². The highest BCUT2D eigenvalue weighted by Gasteiger charge is 2.45. The van der Waals surface area contributed by atoms with Crippen molar-refractivity contribution in [3.8, 4) is 17.0 Å². The molecular weight excluding hydrogens is 880 g/mol. The van der Waals surface area contributed by atoms with Crippen molar-refractivity contribution in [1.29, 1.82) is 0 Å². The molecule has 19 heteroatoms. The summed E-state index contributed by atoms with van der Waals surface area (Å²) in [5.41, 5.74) is 3.65. The number of rotatable bonds is 10. The molecule has 3 aromatic carbocycles. The van der Waals surface area contributed by atoms with Crippen LogP contribution in [0.2, 0.25) is 0 Å². The molecule has 0 radical (unpaired) electrons. The van der Waals surface area contributed by atoms with E-state index in [1.165, 1.54) is 22.4 Å². The Morgan fingerprint density at radius 2 is 1.66 bits per heavy atom. The molecule has 0 aliphatic carbocycles. The van der Waals surface area contributed by atoms with E-state index in [4.69, 9.17) is 0 Å². The molecule has 3 saturated heterocycles. The van der Waals surface area contributed by atoms with Crippen LogP contribution < -0.4 is 20.4 Å². The first-order chi connectivity index (χ1) is 32.3. The van der Waals surface area contributed by atoms with E-state index in [1.54, 1.807) is 23.6 Å². The van der Waals surface area contributed by atoms with Gasteiger partial charge in [-0.3, -0.25) is 49.2 Å². The molecule has 0 bridgehead atoms. The van der Waals surface area contributed by atoms with Crippen LogP contribution >= 0.6 is 11.3 Å². The average Bonchev–Trinajstić information content (AvgIpc) is 4.01. The van der Waals surface area contributed by atoms with Gasteiger partial charge in [0.05, 0.1) is 16.8 Å². The molecule has 3 fully saturated rings. The third-order valence-electron chi connectivity index (χ3n) is 13.6. The van der Waals surface area contributed by atoms with E-state index in [0.29, 0.717) is 33.4 Å². The van der Waals surface area contributed by atoms with Crippen molar-refractivity contribution >= 4 is 63.4 Å². The van der Waals surface area contributed by atoms with E-state index in [-0.39, 0.29) is 53.9 Å². The van der Waals surface area contributed by atoms with Crippen molar-refractivity contribution in [2.75, 3.05) is 47.8 Å². The normalized spacial score (nSPS) is 21.7. The number of hydrogen-bond donors (Lipinski definition) is 3. The minimum atomic E-state index is -1.34. The maximum absolute atomic E-state index is 14.5. The van der Waals surface area contributed by atoms with Gasteiger partial charge in [0.1, 0.15) is 23.7 Å². The van der Waals surface area contributed by atoms with Gasteiger partial charge in [-0.05, 0) is 99.2 Å². The summed E-state index contributed by atoms with van der Waals surface area (Å²) in [7, 11) is 0. The number of nitrogens with zero attached hydrogens (tertiary/aromatic N) is 8. The smallest absolute Gasteiger partial charge is 0.262 e. The number of halogens is 1. The molecule has 5 aliphatic rings. The molecule has 2 aromatic heterocycles. The molecule has 4 atom stereocenters. The summed E-state index contributed by atoms with van der Waals surface area (Å²) in [6.45, 7) is 8.66. The lowest BCUT2D eigenvalue weighted by Crippen LogP contribution is -2.58. The summed E-state index contributed by atoms with van der Waals surface area (Å²) in [5.74, 6) is -2.87. The lowest BCUT2D eigenvalue weighted by atomic mass is 9.94. The van der Waals surface area contributed by atoms with Crippen LogP contribution in [0.25, 0.3) is 11.3 Å². The Labute approximate surface area is 388 Å². The number of aromatic hydroxyl groups is 1. The molecule has 6 amide bonds. The molecule has 17 nitrogen and oxygen atoms in total. The first-order valence-corrected chi connectivity index (χ1v) is 23.3. The highest BCUT2D eigenvalue weighted by Crippen LogP contribution is 2.39. The minimum absolute atomic E-state index is 0.0408. The number of nitrogens with one attached hydrogen (secondary N) is 2. The summed E-state index contributed by atoms with van der Waals surface area (Å²) >= 11 is 1.19. The number of amides is 6. The number of phenols is 1. The largest absolute Gasteiger partial charge is 0.508 e. The summed E-state index contributed by atoms with van der Waals surface area (Å²) < 4.78 is 14.5. The Kier molecular flexibility index (Phi) is 11.5. The van der Waals surface area contributed by atoms with Crippen LogP contribution in [0.4, 0.5) is 21.0 Å². The highest BCUT2D eigenvalue weighted by atomic mass is 32.1. The van der Waals surface area contributed by atoms with Gasteiger partial charge in [0.25, 0.3) is 23.6 Å². The van der Waals surface area contributed by atoms with Crippen molar-refractivity contribution < 1.29 is 38.3 Å². The summed E-state index contributed by atoms with van der Waals surface area (Å²) in [5, 5.41) is 26.8. The van der Waals surface area contributed by atoms with E-state index in [9.17, 15) is 38.3 Å².